The molecule has 0 radical (unpaired) electrons. The number of nitrogens with zero attached hydrogens (tertiary/aromatic N) is 3. The van der Waals surface area contributed by atoms with Gasteiger partial charge in [0.1, 0.15) is 10.5 Å². The van der Waals surface area contributed by atoms with E-state index < -0.39 is 32.9 Å². The van der Waals surface area contributed by atoms with Crippen LogP contribution in [0.4, 0.5) is 4.79 Å². The van der Waals surface area contributed by atoms with Crippen LogP contribution < -0.4 is 0 Å². The number of hydrogen-bond donors (Lipinski definition) is 0. The number of amides is 1. The zero-order valence-electron chi connectivity index (χ0n) is 18.7. The molecule has 0 aliphatic carbocycles. The maximum absolute atomic E-state index is 13.5. The molecule has 12 heteroatoms. The average Bonchev–Trinajstić information content (AvgIpc) is 2.76. The summed E-state index contributed by atoms with van der Waals surface area (Å²) in [4.78, 5) is 13.7. The molecule has 1 unspecified atom stereocenters. The molecule has 2 aromatic carbocycles. The predicted molar refractivity (Wildman–Crippen MR) is 129 cm³/mol. The SMILES string of the molecule is CC(C)(C)OC(=O)N1CCN(S(=O)(=O)c2cc(C#N)ccc2[S+]([O-])c2cc(Cl)cc(Cl)c2)CC1. The van der Waals surface area contributed by atoms with Crippen molar-refractivity contribution >= 4 is 50.5 Å². The van der Waals surface area contributed by atoms with Gasteiger partial charge < -0.3 is 14.2 Å². The number of halogens is 2. The fraction of sp³-hybridized carbons (Fsp3) is 0.364. The number of nitriles is 1. The van der Waals surface area contributed by atoms with E-state index in [1.54, 1.807) is 20.8 Å². The van der Waals surface area contributed by atoms with Gasteiger partial charge in [-0.2, -0.15) is 9.57 Å². The molecule has 1 aliphatic heterocycles. The Morgan fingerprint density at radius 2 is 1.68 bits per heavy atom. The van der Waals surface area contributed by atoms with E-state index >= 15 is 0 Å². The van der Waals surface area contributed by atoms with Crippen molar-refractivity contribution in [2.45, 2.75) is 41.1 Å². The van der Waals surface area contributed by atoms with Crippen LogP contribution in [-0.4, -0.2) is 60.0 Å². The Morgan fingerprint density at radius 3 is 2.21 bits per heavy atom. The summed E-state index contributed by atoms with van der Waals surface area (Å²) in [5, 5.41) is 9.83. The van der Waals surface area contributed by atoms with Crippen LogP contribution >= 0.6 is 23.2 Å². The lowest BCUT2D eigenvalue weighted by Crippen LogP contribution is -2.51. The first-order chi connectivity index (χ1) is 15.8. The van der Waals surface area contributed by atoms with Crippen LogP contribution in [0.25, 0.3) is 0 Å². The quantitative estimate of drug-likeness (QED) is 0.531. The molecule has 1 atom stereocenters. The van der Waals surface area contributed by atoms with Gasteiger partial charge in [0.15, 0.2) is 9.79 Å². The second-order valence-corrected chi connectivity index (χ2v) is 12.7. The van der Waals surface area contributed by atoms with E-state index in [4.69, 9.17) is 27.9 Å². The Balaban J connectivity index is 1.91. The third-order valence-electron chi connectivity index (χ3n) is 4.83. The highest BCUT2D eigenvalue weighted by Gasteiger charge is 2.36. The minimum Gasteiger partial charge on any atom is -0.606 e. The average molecular weight is 544 g/mol. The maximum atomic E-state index is 13.5. The van der Waals surface area contributed by atoms with Gasteiger partial charge in [0.2, 0.25) is 10.0 Å². The summed E-state index contributed by atoms with van der Waals surface area (Å²) in [6.07, 6.45) is -0.518. The molecule has 0 bridgehead atoms. The number of hydrogen-bond acceptors (Lipinski definition) is 6. The van der Waals surface area contributed by atoms with E-state index in [9.17, 15) is 23.0 Å². The zero-order chi connectivity index (χ0) is 25.3. The fourth-order valence-electron chi connectivity index (χ4n) is 3.27. The van der Waals surface area contributed by atoms with Crippen molar-refractivity contribution in [3.63, 3.8) is 0 Å². The van der Waals surface area contributed by atoms with E-state index in [0.29, 0.717) is 0 Å². The lowest BCUT2D eigenvalue weighted by molar-refractivity contribution is 0.0192. The van der Waals surface area contributed by atoms with Crippen LogP contribution in [0.5, 0.6) is 0 Å². The van der Waals surface area contributed by atoms with E-state index in [0.717, 1.165) is 0 Å². The van der Waals surface area contributed by atoms with Crippen LogP contribution in [-0.2, 0) is 25.9 Å². The van der Waals surface area contributed by atoms with Gasteiger partial charge >= 0.3 is 6.09 Å². The largest absolute Gasteiger partial charge is 0.606 e. The molecule has 3 rings (SSSR count). The molecule has 1 saturated heterocycles. The number of carbonyl (C=O) groups excluding carboxylic acids is 1. The summed E-state index contributed by atoms with van der Waals surface area (Å²) >= 11 is 10.1. The Kier molecular flexibility index (Phi) is 8.07. The third-order valence-corrected chi connectivity index (χ3v) is 8.75. The van der Waals surface area contributed by atoms with Gasteiger partial charge in [0, 0.05) is 59.5 Å². The molecule has 0 saturated carbocycles. The number of rotatable bonds is 4. The smallest absolute Gasteiger partial charge is 0.410 e. The van der Waals surface area contributed by atoms with Crippen molar-refractivity contribution in [2.24, 2.45) is 0 Å². The van der Waals surface area contributed by atoms with Crippen molar-refractivity contribution in [3.05, 3.63) is 52.0 Å². The topological polar surface area (TPSA) is 114 Å². The molecule has 1 amide bonds. The third kappa shape index (κ3) is 6.16. The van der Waals surface area contributed by atoms with Gasteiger partial charge in [-0.15, -0.1) is 0 Å². The second-order valence-electron chi connectivity index (χ2n) is 8.52. The minimum atomic E-state index is -4.14. The number of ether oxygens (including phenoxy) is 1. The molecular formula is C22H23Cl2N3O5S2. The number of piperazine rings is 1. The van der Waals surface area contributed by atoms with Crippen LogP contribution in [0.3, 0.4) is 0 Å². The summed E-state index contributed by atoms with van der Waals surface area (Å²) in [5.74, 6) is 0. The Hall–Kier alpha value is -2.00. The Morgan fingerprint density at radius 1 is 1.09 bits per heavy atom. The first kappa shape index (κ1) is 26.6. The van der Waals surface area contributed by atoms with E-state index in [1.807, 2.05) is 6.07 Å². The van der Waals surface area contributed by atoms with Crippen molar-refractivity contribution in [3.8, 4) is 6.07 Å². The zero-order valence-corrected chi connectivity index (χ0v) is 21.9. The van der Waals surface area contributed by atoms with Gasteiger partial charge in [0.25, 0.3) is 0 Å². The number of benzene rings is 2. The molecule has 182 valence electrons. The highest BCUT2D eigenvalue weighted by Crippen LogP contribution is 2.33. The molecular weight excluding hydrogens is 521 g/mol. The van der Waals surface area contributed by atoms with Crippen LogP contribution in [0, 0.1) is 11.3 Å². The first-order valence-electron chi connectivity index (χ1n) is 10.2. The van der Waals surface area contributed by atoms with Crippen molar-refractivity contribution in [1.29, 1.82) is 5.26 Å². The summed E-state index contributed by atoms with van der Waals surface area (Å²) < 4.78 is 47.0. The molecule has 34 heavy (non-hydrogen) atoms. The van der Waals surface area contributed by atoms with Crippen molar-refractivity contribution in [1.82, 2.24) is 9.21 Å². The minimum absolute atomic E-state index is 0.00639. The molecule has 1 fully saturated rings. The van der Waals surface area contributed by atoms with E-state index in [2.05, 4.69) is 0 Å². The molecule has 0 spiro atoms. The second kappa shape index (κ2) is 10.3. The van der Waals surface area contributed by atoms with Crippen molar-refractivity contribution < 1.29 is 22.5 Å². The lowest BCUT2D eigenvalue weighted by Gasteiger charge is -2.35. The molecule has 1 aliphatic rings. The van der Waals surface area contributed by atoms with Gasteiger partial charge in [-0.05, 0) is 45.0 Å². The Bertz CT molecular complexity index is 1210. The summed E-state index contributed by atoms with van der Waals surface area (Å²) in [6.45, 7) is 5.57. The maximum Gasteiger partial charge on any atom is 0.410 e. The highest BCUT2D eigenvalue weighted by molar-refractivity contribution is 7.93. The van der Waals surface area contributed by atoms with Gasteiger partial charge in [0.05, 0.1) is 11.6 Å². The fourth-order valence-corrected chi connectivity index (χ4v) is 7.15. The van der Waals surface area contributed by atoms with Gasteiger partial charge in [-0.1, -0.05) is 23.2 Å². The highest BCUT2D eigenvalue weighted by atomic mass is 35.5. The first-order valence-corrected chi connectivity index (χ1v) is 13.6. The molecule has 1 heterocycles. The lowest BCUT2D eigenvalue weighted by atomic mass is 10.2. The standard InChI is InChI=1S/C22H23Cl2N3O5S2/c1-22(2,3)32-21(28)26-6-8-27(9-7-26)34(30,31)20-10-15(14-25)4-5-19(20)33(29)18-12-16(23)11-17(24)13-18/h4-5,10-13H,6-9H2,1-3H3. The van der Waals surface area contributed by atoms with Gasteiger partial charge in [-0.3, -0.25) is 0 Å². The predicted octanol–water partition coefficient (Wildman–Crippen LogP) is 4.27. The number of carbonyl (C=O) groups is 1. The van der Waals surface area contributed by atoms with Crippen molar-refractivity contribution in [2.75, 3.05) is 26.2 Å². The van der Waals surface area contributed by atoms with Crippen LogP contribution in [0.15, 0.2) is 51.1 Å². The monoisotopic (exact) mass is 543 g/mol. The Labute approximate surface area is 212 Å². The van der Waals surface area contributed by atoms with Gasteiger partial charge in [-0.25, -0.2) is 13.2 Å². The summed E-state index contributed by atoms with van der Waals surface area (Å²) in [7, 11) is -4.14. The molecule has 0 aromatic heterocycles. The van der Waals surface area contributed by atoms with Crippen LogP contribution in [0.1, 0.15) is 26.3 Å². The summed E-state index contributed by atoms with van der Waals surface area (Å²) in [6, 6.07) is 10.2. The van der Waals surface area contributed by atoms with E-state index in [1.165, 1.54) is 45.6 Å². The van der Waals surface area contributed by atoms with Crippen LogP contribution in [0.2, 0.25) is 10.0 Å². The molecule has 8 nitrogen and oxygen atoms in total. The van der Waals surface area contributed by atoms with E-state index in [-0.39, 0.29) is 56.5 Å². The molecule has 0 N–H and O–H groups in total. The molecule has 2 aromatic rings. The number of sulfonamides is 1. The summed E-state index contributed by atoms with van der Waals surface area (Å²) in [5.41, 5.74) is -0.559. The normalized spacial score (nSPS) is 16.1.